The molecule has 0 aliphatic carbocycles. The highest BCUT2D eigenvalue weighted by Gasteiger charge is 2.35. The van der Waals surface area contributed by atoms with Crippen molar-refractivity contribution in [3.05, 3.63) is 0 Å². The van der Waals surface area contributed by atoms with Gasteiger partial charge in [0.15, 0.2) is 0 Å². The van der Waals surface area contributed by atoms with Gasteiger partial charge < -0.3 is 10.5 Å². The van der Waals surface area contributed by atoms with Crippen molar-refractivity contribution in [1.82, 2.24) is 4.31 Å². The smallest absolute Gasteiger partial charge is 0.214 e. The molecule has 1 fully saturated rings. The molecular weight excluding hydrogens is 228 g/mol. The Bertz CT molecular complexity index is 318. The Kier molecular flexibility index (Phi) is 4.73. The van der Waals surface area contributed by atoms with Crippen LogP contribution in [0.5, 0.6) is 0 Å². The van der Waals surface area contributed by atoms with Crippen molar-refractivity contribution >= 4 is 10.0 Å². The van der Waals surface area contributed by atoms with Gasteiger partial charge in [-0.15, -0.1) is 0 Å². The summed E-state index contributed by atoms with van der Waals surface area (Å²) in [6, 6.07) is 0. The Morgan fingerprint density at radius 2 is 2.19 bits per heavy atom. The number of nitrogens with zero attached hydrogens (tertiary/aromatic N) is 1. The van der Waals surface area contributed by atoms with Gasteiger partial charge in [0.05, 0.1) is 11.4 Å². The molecule has 1 unspecified atom stereocenters. The normalized spacial score (nSPS) is 28.2. The summed E-state index contributed by atoms with van der Waals surface area (Å²) >= 11 is 0. The molecule has 0 radical (unpaired) electrons. The molecule has 0 aromatic carbocycles. The topological polar surface area (TPSA) is 72.6 Å². The average molecular weight is 250 g/mol. The third kappa shape index (κ3) is 3.41. The Morgan fingerprint density at radius 3 is 2.75 bits per heavy atom. The minimum Gasteiger partial charge on any atom is -0.377 e. The molecule has 6 heteroatoms. The Labute approximate surface area is 98.0 Å². The minimum absolute atomic E-state index is 0.142. The summed E-state index contributed by atoms with van der Waals surface area (Å²) in [5.74, 6) is 0.142. The van der Waals surface area contributed by atoms with E-state index in [1.165, 1.54) is 4.31 Å². The number of methoxy groups -OCH3 is 1. The van der Waals surface area contributed by atoms with Crippen LogP contribution in [-0.4, -0.2) is 50.8 Å². The number of ether oxygens (including phenoxy) is 1. The van der Waals surface area contributed by atoms with Gasteiger partial charge in [0, 0.05) is 20.2 Å². The fraction of sp³-hybridized carbons (Fsp3) is 1.00. The van der Waals surface area contributed by atoms with E-state index in [1.54, 1.807) is 7.11 Å². The van der Waals surface area contributed by atoms with Crippen molar-refractivity contribution < 1.29 is 13.2 Å². The summed E-state index contributed by atoms with van der Waals surface area (Å²) in [7, 11) is -1.52. The van der Waals surface area contributed by atoms with Gasteiger partial charge in [-0.3, -0.25) is 0 Å². The van der Waals surface area contributed by atoms with Crippen LogP contribution in [0.3, 0.4) is 0 Å². The van der Waals surface area contributed by atoms with E-state index in [0.29, 0.717) is 26.1 Å². The van der Waals surface area contributed by atoms with Crippen molar-refractivity contribution in [3.63, 3.8) is 0 Å². The second-order valence-corrected chi connectivity index (χ2v) is 6.64. The molecule has 0 aromatic rings. The van der Waals surface area contributed by atoms with Crippen LogP contribution in [0.4, 0.5) is 0 Å². The molecule has 0 bridgehead atoms. The third-order valence-corrected chi connectivity index (χ3v) is 5.02. The number of nitrogens with two attached hydrogens (primary N) is 1. The quantitative estimate of drug-likeness (QED) is 0.754. The first-order chi connectivity index (χ1) is 7.43. The monoisotopic (exact) mass is 250 g/mol. The number of hydrogen-bond acceptors (Lipinski definition) is 4. The summed E-state index contributed by atoms with van der Waals surface area (Å²) in [5.41, 5.74) is 5.00. The maximum absolute atomic E-state index is 12.0. The Balaban J connectivity index is 2.66. The van der Waals surface area contributed by atoms with Crippen molar-refractivity contribution in [2.75, 3.05) is 32.5 Å². The summed E-state index contributed by atoms with van der Waals surface area (Å²) in [6.45, 7) is 3.43. The van der Waals surface area contributed by atoms with E-state index in [1.807, 2.05) is 6.92 Å². The summed E-state index contributed by atoms with van der Waals surface area (Å²) in [6.07, 6.45) is 2.28. The molecule has 1 aliphatic rings. The third-order valence-electron chi connectivity index (χ3n) is 3.12. The van der Waals surface area contributed by atoms with E-state index in [9.17, 15) is 8.42 Å². The molecule has 0 amide bonds. The lowest BCUT2D eigenvalue weighted by molar-refractivity contribution is -0.0319. The van der Waals surface area contributed by atoms with E-state index in [2.05, 4.69) is 0 Å². The summed E-state index contributed by atoms with van der Waals surface area (Å²) < 4.78 is 30.8. The fourth-order valence-corrected chi connectivity index (χ4v) is 3.63. The van der Waals surface area contributed by atoms with E-state index in [4.69, 9.17) is 10.5 Å². The molecule has 16 heavy (non-hydrogen) atoms. The van der Waals surface area contributed by atoms with Crippen molar-refractivity contribution in [2.24, 2.45) is 5.73 Å². The van der Waals surface area contributed by atoms with Gasteiger partial charge in [0.1, 0.15) is 0 Å². The highest BCUT2D eigenvalue weighted by Crippen LogP contribution is 2.25. The van der Waals surface area contributed by atoms with E-state index < -0.39 is 10.0 Å². The van der Waals surface area contributed by atoms with Crippen molar-refractivity contribution in [1.29, 1.82) is 0 Å². The lowest BCUT2D eigenvalue weighted by atomic mass is 9.96. The first kappa shape index (κ1) is 13.9. The molecule has 0 aromatic heterocycles. The second-order valence-electron chi connectivity index (χ2n) is 4.55. The van der Waals surface area contributed by atoms with Crippen LogP contribution >= 0.6 is 0 Å². The van der Waals surface area contributed by atoms with Crippen molar-refractivity contribution in [2.45, 2.75) is 31.8 Å². The zero-order chi connectivity index (χ0) is 12.2. The molecular formula is C10H22N2O3S. The standard InChI is InChI=1S/C10H22N2O3S/c1-10(15-2)5-3-7-12(9-10)16(13,14)8-4-6-11/h3-9,11H2,1-2H3. The zero-order valence-corrected chi connectivity index (χ0v) is 10.9. The molecule has 1 aliphatic heterocycles. The molecule has 0 spiro atoms. The van der Waals surface area contributed by atoms with Gasteiger partial charge in [-0.1, -0.05) is 0 Å². The Hall–Kier alpha value is -0.170. The Morgan fingerprint density at radius 1 is 1.50 bits per heavy atom. The van der Waals surface area contributed by atoms with Gasteiger partial charge >= 0.3 is 0 Å². The van der Waals surface area contributed by atoms with Crippen LogP contribution in [0.25, 0.3) is 0 Å². The predicted octanol–water partition coefficient (Wildman–Crippen LogP) is 0.166. The van der Waals surface area contributed by atoms with E-state index in [0.717, 1.165) is 12.8 Å². The van der Waals surface area contributed by atoms with Crippen molar-refractivity contribution in [3.8, 4) is 0 Å². The molecule has 96 valence electrons. The molecule has 1 saturated heterocycles. The number of rotatable bonds is 5. The lowest BCUT2D eigenvalue weighted by Crippen LogP contribution is -2.50. The SMILES string of the molecule is COC1(C)CCCN(S(=O)(=O)CCCN)C1. The van der Waals surface area contributed by atoms with Gasteiger partial charge in [-0.25, -0.2) is 8.42 Å². The summed E-state index contributed by atoms with van der Waals surface area (Å²) in [5, 5.41) is 0. The molecule has 1 heterocycles. The molecule has 5 nitrogen and oxygen atoms in total. The van der Waals surface area contributed by atoms with E-state index >= 15 is 0 Å². The van der Waals surface area contributed by atoms with Gasteiger partial charge in [0.25, 0.3) is 0 Å². The first-order valence-electron chi connectivity index (χ1n) is 5.66. The van der Waals surface area contributed by atoms with Gasteiger partial charge in [0.2, 0.25) is 10.0 Å². The van der Waals surface area contributed by atoms with Crippen LogP contribution in [0, 0.1) is 0 Å². The largest absolute Gasteiger partial charge is 0.377 e. The fourth-order valence-electron chi connectivity index (χ4n) is 1.96. The van der Waals surface area contributed by atoms with Crippen LogP contribution in [-0.2, 0) is 14.8 Å². The summed E-state index contributed by atoms with van der Waals surface area (Å²) in [4.78, 5) is 0. The average Bonchev–Trinajstić information content (AvgIpc) is 2.27. The highest BCUT2D eigenvalue weighted by molar-refractivity contribution is 7.89. The molecule has 1 rings (SSSR count). The number of hydrogen-bond donors (Lipinski definition) is 1. The second kappa shape index (κ2) is 5.44. The number of piperidine rings is 1. The van der Waals surface area contributed by atoms with Crippen LogP contribution in [0.2, 0.25) is 0 Å². The predicted molar refractivity (Wildman–Crippen MR) is 63.7 cm³/mol. The number of sulfonamides is 1. The lowest BCUT2D eigenvalue weighted by Gasteiger charge is -2.38. The van der Waals surface area contributed by atoms with Crippen LogP contribution in [0.15, 0.2) is 0 Å². The van der Waals surface area contributed by atoms with Gasteiger partial charge in [-0.2, -0.15) is 4.31 Å². The molecule has 2 N–H and O–H groups in total. The molecule has 1 atom stereocenters. The van der Waals surface area contributed by atoms with Crippen LogP contribution < -0.4 is 5.73 Å². The maximum Gasteiger partial charge on any atom is 0.214 e. The first-order valence-corrected chi connectivity index (χ1v) is 7.27. The minimum atomic E-state index is -3.15. The maximum atomic E-state index is 12.0. The van der Waals surface area contributed by atoms with Crippen LogP contribution in [0.1, 0.15) is 26.2 Å². The zero-order valence-electron chi connectivity index (χ0n) is 10.1. The van der Waals surface area contributed by atoms with E-state index in [-0.39, 0.29) is 11.4 Å². The van der Waals surface area contributed by atoms with Gasteiger partial charge in [-0.05, 0) is 32.7 Å². The highest BCUT2D eigenvalue weighted by atomic mass is 32.2. The molecule has 0 saturated carbocycles.